The van der Waals surface area contributed by atoms with Crippen molar-refractivity contribution in [2.24, 2.45) is 0 Å². The normalized spacial score (nSPS) is 11.5. The maximum atomic E-state index is 10.8. The molecule has 1 aromatic rings. The molecule has 0 atom stereocenters. The van der Waals surface area contributed by atoms with E-state index in [0.29, 0.717) is 10.6 Å². The van der Waals surface area contributed by atoms with Crippen LogP contribution in [-0.4, -0.2) is 6.29 Å². The average Bonchev–Trinajstić information content (AvgIpc) is 2.07. The molecule has 0 amide bonds. The number of hydrogen-bond acceptors (Lipinski definition) is 1. The van der Waals surface area contributed by atoms with Crippen molar-refractivity contribution in [1.29, 1.82) is 0 Å². The fourth-order valence-corrected chi connectivity index (χ4v) is 1.76. The van der Waals surface area contributed by atoms with Gasteiger partial charge in [0, 0.05) is 10.0 Å². The van der Waals surface area contributed by atoms with Crippen LogP contribution in [0.1, 0.15) is 36.7 Å². The molecule has 0 unspecified atom stereocenters. The number of benzene rings is 1. The highest BCUT2D eigenvalue weighted by molar-refractivity contribution is 9.10. The van der Waals surface area contributed by atoms with E-state index in [-0.39, 0.29) is 5.41 Å². The Morgan fingerprint density at radius 3 is 2.36 bits per heavy atom. The standard InChI is InChI=1S/C11H12BrClO/c1-11(2,3)8-4-7(6-14)10(13)9(12)5-8/h4-6H,1-3H3. The van der Waals surface area contributed by atoms with Gasteiger partial charge in [0.15, 0.2) is 6.29 Å². The van der Waals surface area contributed by atoms with Gasteiger partial charge >= 0.3 is 0 Å². The van der Waals surface area contributed by atoms with Crippen LogP contribution in [0.4, 0.5) is 0 Å². The molecule has 3 heteroatoms. The van der Waals surface area contributed by atoms with Gasteiger partial charge in [-0.3, -0.25) is 4.79 Å². The molecule has 0 saturated heterocycles. The number of rotatable bonds is 1. The van der Waals surface area contributed by atoms with E-state index in [9.17, 15) is 4.79 Å². The van der Waals surface area contributed by atoms with Crippen LogP contribution in [0.25, 0.3) is 0 Å². The lowest BCUT2D eigenvalue weighted by Crippen LogP contribution is -2.11. The highest BCUT2D eigenvalue weighted by Gasteiger charge is 2.17. The Balaban J connectivity index is 3.37. The van der Waals surface area contributed by atoms with E-state index in [2.05, 4.69) is 36.7 Å². The van der Waals surface area contributed by atoms with E-state index in [1.807, 2.05) is 12.1 Å². The van der Waals surface area contributed by atoms with E-state index in [1.54, 1.807) is 0 Å². The minimum atomic E-state index is 0.0187. The minimum Gasteiger partial charge on any atom is -0.298 e. The first-order chi connectivity index (χ1) is 6.36. The Hall–Kier alpha value is -0.340. The first-order valence-electron chi connectivity index (χ1n) is 4.31. The molecule has 0 spiro atoms. The van der Waals surface area contributed by atoms with Crippen LogP contribution < -0.4 is 0 Å². The van der Waals surface area contributed by atoms with Crippen molar-refractivity contribution in [3.8, 4) is 0 Å². The van der Waals surface area contributed by atoms with Crippen LogP contribution in [0, 0.1) is 0 Å². The molecule has 0 saturated carbocycles. The second-order valence-corrected chi connectivity index (χ2v) is 5.46. The fraction of sp³-hybridized carbons (Fsp3) is 0.364. The summed E-state index contributed by atoms with van der Waals surface area (Å²) in [6.07, 6.45) is 0.780. The molecule has 0 N–H and O–H groups in total. The number of hydrogen-bond donors (Lipinski definition) is 0. The van der Waals surface area contributed by atoms with Gasteiger partial charge in [-0.25, -0.2) is 0 Å². The van der Waals surface area contributed by atoms with Gasteiger partial charge in [-0.05, 0) is 39.0 Å². The summed E-state index contributed by atoms with van der Waals surface area (Å²) < 4.78 is 0.772. The minimum absolute atomic E-state index is 0.0187. The van der Waals surface area contributed by atoms with Crippen LogP contribution in [0.15, 0.2) is 16.6 Å². The first-order valence-corrected chi connectivity index (χ1v) is 5.48. The molecule has 1 rings (SSSR count). The zero-order valence-corrected chi connectivity index (χ0v) is 10.7. The summed E-state index contributed by atoms with van der Waals surface area (Å²) in [6.45, 7) is 6.28. The van der Waals surface area contributed by atoms with Crippen LogP contribution in [0.2, 0.25) is 5.02 Å². The molecule has 0 fully saturated rings. The quantitative estimate of drug-likeness (QED) is 0.702. The van der Waals surface area contributed by atoms with Crippen LogP contribution in [-0.2, 0) is 5.41 Å². The molecule has 1 aromatic carbocycles. The molecule has 0 aliphatic heterocycles. The Bertz CT molecular complexity index is 366. The molecule has 0 heterocycles. The lowest BCUT2D eigenvalue weighted by molar-refractivity contribution is 0.112. The van der Waals surface area contributed by atoms with Crippen molar-refractivity contribution in [3.63, 3.8) is 0 Å². The summed E-state index contributed by atoms with van der Waals surface area (Å²) in [4.78, 5) is 10.8. The zero-order chi connectivity index (χ0) is 10.9. The zero-order valence-electron chi connectivity index (χ0n) is 8.40. The molecule has 0 aliphatic carbocycles. The highest BCUT2D eigenvalue weighted by atomic mass is 79.9. The van der Waals surface area contributed by atoms with Crippen molar-refractivity contribution >= 4 is 33.8 Å². The topological polar surface area (TPSA) is 17.1 Å². The number of carbonyl (C=O) groups is 1. The average molecular weight is 276 g/mol. The molecule has 14 heavy (non-hydrogen) atoms. The van der Waals surface area contributed by atoms with Gasteiger partial charge in [-0.15, -0.1) is 0 Å². The van der Waals surface area contributed by atoms with Crippen LogP contribution in [0.5, 0.6) is 0 Å². The number of aldehydes is 1. The summed E-state index contributed by atoms with van der Waals surface area (Å²) >= 11 is 9.28. The lowest BCUT2D eigenvalue weighted by atomic mass is 9.86. The van der Waals surface area contributed by atoms with E-state index in [0.717, 1.165) is 16.3 Å². The maximum absolute atomic E-state index is 10.8. The van der Waals surface area contributed by atoms with Crippen molar-refractivity contribution < 1.29 is 4.79 Å². The number of carbonyl (C=O) groups excluding carboxylic acids is 1. The predicted molar refractivity (Wildman–Crippen MR) is 63.2 cm³/mol. The van der Waals surface area contributed by atoms with Crippen molar-refractivity contribution in [2.75, 3.05) is 0 Å². The molecular formula is C11H12BrClO. The molecular weight excluding hydrogens is 263 g/mol. The Morgan fingerprint density at radius 1 is 1.36 bits per heavy atom. The van der Waals surface area contributed by atoms with Gasteiger partial charge in [-0.2, -0.15) is 0 Å². The molecule has 76 valence electrons. The second kappa shape index (κ2) is 4.03. The predicted octanol–water partition coefficient (Wildman–Crippen LogP) is 4.21. The molecule has 0 aromatic heterocycles. The Labute approximate surface area is 97.6 Å². The van der Waals surface area contributed by atoms with Gasteiger partial charge in [-0.1, -0.05) is 32.4 Å². The third-order valence-electron chi connectivity index (χ3n) is 2.05. The van der Waals surface area contributed by atoms with Gasteiger partial charge < -0.3 is 0 Å². The van der Waals surface area contributed by atoms with Gasteiger partial charge in [0.2, 0.25) is 0 Å². The van der Waals surface area contributed by atoms with Gasteiger partial charge in [0.1, 0.15) is 0 Å². The molecule has 1 nitrogen and oxygen atoms in total. The number of halogens is 2. The summed E-state index contributed by atoms with van der Waals surface area (Å²) in [5.74, 6) is 0. The SMILES string of the molecule is CC(C)(C)c1cc(Br)c(Cl)c(C=O)c1. The highest BCUT2D eigenvalue weighted by Crippen LogP contribution is 2.32. The van der Waals surface area contributed by atoms with Crippen molar-refractivity contribution in [3.05, 3.63) is 32.8 Å². The second-order valence-electron chi connectivity index (χ2n) is 4.23. The fourth-order valence-electron chi connectivity index (χ4n) is 1.13. The monoisotopic (exact) mass is 274 g/mol. The third-order valence-corrected chi connectivity index (χ3v) is 3.32. The van der Waals surface area contributed by atoms with E-state index in [1.165, 1.54) is 0 Å². The van der Waals surface area contributed by atoms with Crippen LogP contribution in [0.3, 0.4) is 0 Å². The van der Waals surface area contributed by atoms with Crippen molar-refractivity contribution in [1.82, 2.24) is 0 Å². The summed E-state index contributed by atoms with van der Waals surface area (Å²) in [6, 6.07) is 3.79. The van der Waals surface area contributed by atoms with Crippen LogP contribution >= 0.6 is 27.5 Å². The van der Waals surface area contributed by atoms with E-state index >= 15 is 0 Å². The molecule has 0 bridgehead atoms. The van der Waals surface area contributed by atoms with Crippen molar-refractivity contribution in [2.45, 2.75) is 26.2 Å². The Morgan fingerprint density at radius 2 is 1.93 bits per heavy atom. The maximum Gasteiger partial charge on any atom is 0.151 e. The first kappa shape index (κ1) is 11.7. The molecule has 0 aliphatic rings. The summed E-state index contributed by atoms with van der Waals surface area (Å²) in [5, 5.41) is 0.480. The third kappa shape index (κ3) is 2.37. The largest absolute Gasteiger partial charge is 0.298 e. The van der Waals surface area contributed by atoms with E-state index < -0.39 is 0 Å². The van der Waals surface area contributed by atoms with Gasteiger partial charge in [0.25, 0.3) is 0 Å². The molecule has 0 radical (unpaired) electrons. The van der Waals surface area contributed by atoms with E-state index in [4.69, 9.17) is 11.6 Å². The Kier molecular flexibility index (Phi) is 3.38. The summed E-state index contributed by atoms with van der Waals surface area (Å²) in [7, 11) is 0. The summed E-state index contributed by atoms with van der Waals surface area (Å²) in [5.41, 5.74) is 1.65. The smallest absolute Gasteiger partial charge is 0.151 e. The lowest BCUT2D eigenvalue weighted by Gasteiger charge is -2.20. The van der Waals surface area contributed by atoms with Gasteiger partial charge in [0.05, 0.1) is 5.02 Å².